The molecule has 14 N–H and O–H groups in total. The van der Waals surface area contributed by atoms with E-state index in [1.807, 2.05) is 56.5 Å². The van der Waals surface area contributed by atoms with Gasteiger partial charge in [-0.2, -0.15) is 0 Å². The van der Waals surface area contributed by atoms with E-state index in [-0.39, 0.29) is 69.2 Å². The molecule has 3 aromatic rings. The molecule has 11 atom stereocenters. The van der Waals surface area contributed by atoms with E-state index in [1.165, 1.54) is 32.3 Å². The van der Waals surface area contributed by atoms with Gasteiger partial charge in [-0.3, -0.25) is 38.4 Å². The molecule has 94 heavy (non-hydrogen) atoms. The monoisotopic (exact) mass is 1330 g/mol. The number of ether oxygens (including phenoxy) is 3. The van der Waals surface area contributed by atoms with Crippen molar-refractivity contribution in [2.45, 2.75) is 193 Å². The third kappa shape index (κ3) is 24.2. The molecule has 2 heterocycles. The summed E-state index contributed by atoms with van der Waals surface area (Å²) in [5.41, 5.74) is 16.6. The molecule has 0 radical (unpaired) electrons. The van der Waals surface area contributed by atoms with Crippen LogP contribution in [0.15, 0.2) is 66.2 Å². The van der Waals surface area contributed by atoms with Gasteiger partial charge in [0, 0.05) is 51.6 Å². The Morgan fingerprint density at radius 3 is 2.01 bits per heavy atom. The molecule has 11 amide bonds. The molecule has 0 bridgehead atoms. The van der Waals surface area contributed by atoms with E-state index in [2.05, 4.69) is 47.5 Å². The van der Waals surface area contributed by atoms with Gasteiger partial charge in [-0.05, 0) is 113 Å². The summed E-state index contributed by atoms with van der Waals surface area (Å²) < 4.78 is 17.7. The number of unbranched alkanes of at least 4 members (excludes halogenated alkanes) is 1. The topological polar surface area (TPSA) is 392 Å². The van der Waals surface area contributed by atoms with Crippen molar-refractivity contribution < 1.29 is 62.2 Å². The van der Waals surface area contributed by atoms with E-state index in [0.717, 1.165) is 10.6 Å². The average molecular weight is 1330 g/mol. The Labute approximate surface area is 557 Å². The lowest BCUT2D eigenvalue weighted by molar-refractivity contribution is -0.148. The van der Waals surface area contributed by atoms with Gasteiger partial charge in [-0.25, -0.2) is 14.6 Å². The lowest BCUT2D eigenvalue weighted by Gasteiger charge is -2.41. The van der Waals surface area contributed by atoms with Crippen molar-refractivity contribution in [2.24, 2.45) is 40.9 Å². The van der Waals surface area contributed by atoms with Crippen molar-refractivity contribution in [1.29, 1.82) is 0 Å². The number of carbonyl (C=O) groups excluding carboxylic acids is 10. The lowest BCUT2D eigenvalue weighted by Crippen LogP contribution is -2.62. The highest BCUT2D eigenvalue weighted by Gasteiger charge is 2.44. The predicted octanol–water partition coefficient (Wildman–Crippen LogP) is 3.89. The molecule has 0 aliphatic carbocycles. The minimum atomic E-state index is -1.60. The van der Waals surface area contributed by atoms with Gasteiger partial charge in [-0.1, -0.05) is 97.4 Å². The first kappa shape index (κ1) is 78.7. The smallest absolute Gasteiger partial charge is 0.408 e. The van der Waals surface area contributed by atoms with Crippen LogP contribution in [0.4, 0.5) is 15.3 Å². The maximum absolute atomic E-state index is 14.7. The number of likely N-dealkylation sites (N-methyl/N-ethyl adjacent to an activating group) is 1. The van der Waals surface area contributed by atoms with Gasteiger partial charge in [-0.15, -0.1) is 11.3 Å². The molecule has 4 rings (SSSR count). The molecule has 2 aromatic carbocycles. The number of urea groups is 1. The van der Waals surface area contributed by atoms with Crippen molar-refractivity contribution in [3.8, 4) is 0 Å². The second-order valence-electron chi connectivity index (χ2n) is 25.3. The van der Waals surface area contributed by atoms with E-state index in [4.69, 9.17) is 31.4 Å². The minimum Gasteiger partial charge on any atom is -0.445 e. The van der Waals surface area contributed by atoms with Crippen molar-refractivity contribution in [3.63, 3.8) is 0 Å². The van der Waals surface area contributed by atoms with Gasteiger partial charge in [0.1, 0.15) is 41.3 Å². The van der Waals surface area contributed by atoms with Crippen LogP contribution in [0.25, 0.3) is 0 Å². The number of nitrogens with one attached hydrogen (secondary N) is 8. The summed E-state index contributed by atoms with van der Waals surface area (Å²) in [5, 5.41) is 24.6. The quantitative estimate of drug-likeness (QED) is 0.0361. The standard InChI is InChI=1S/C66H104N14O13S/c1-13-41(6)55(50(91-11)36-52(82)80-33-20-25-49(80)56(92-12)42(7)57(83)75-48(61-70-32-34-94-61)35-43-21-15-14-16-22-43)79(10)62(87)54(40(4)5)77-63(88)66(8,9)78-65(90)93-38-44-26-28-45(29-27-44)72-58(84)47(24-19-31-71-64(69)89)74-60(86)53(39(2)3)76-59(85)46(23-17-18-30-67)73-51(81)37-68/h14-16,21-22,26-29,32,34,39-42,46-50,53-56H,13,17-20,23-25,30-31,33,35-38,67-68H2,1-12H3,(H,72,84)(H,73,81)(H,74,86)(H,75,83)(H,76,85)(H,77,88)(H,78,90)(H3,69,71,89)/t41-,42+,46-,47-,48-,49-,50+,53-,54-,55-,56+/m0/s1. The summed E-state index contributed by atoms with van der Waals surface area (Å²) in [7, 11) is 4.69. The molecule has 0 saturated carbocycles. The van der Waals surface area contributed by atoms with Crippen LogP contribution in [-0.4, -0.2) is 176 Å². The molecule has 1 saturated heterocycles. The highest BCUT2D eigenvalue weighted by atomic mass is 32.1. The van der Waals surface area contributed by atoms with E-state index < -0.39 is 119 Å². The van der Waals surface area contributed by atoms with Crippen LogP contribution in [0.1, 0.15) is 142 Å². The SMILES string of the molecule is CC[C@H](C)[C@@H]([C@@H](CC(=O)N1CCC[C@H]1[C@H](OC)[C@@H](C)C(=O)N[C@@H](Cc1ccccc1)c1nccs1)OC)N(C)C(=O)[C@@H](NC(=O)C(C)(C)NC(=O)OCc1ccc(NC(=O)[C@H](CCCNC(N)=O)NC(=O)[C@@H](NC(=O)[C@H](CCCCN)NC(=O)CN)C(C)C)cc1)C(C)C. The number of rotatable bonds is 39. The van der Waals surface area contributed by atoms with Crippen molar-refractivity contribution in [1.82, 2.24) is 52.0 Å². The number of nitrogens with two attached hydrogens (primary N) is 3. The van der Waals surface area contributed by atoms with E-state index in [0.29, 0.717) is 62.9 Å². The van der Waals surface area contributed by atoms with Crippen LogP contribution < -0.4 is 59.7 Å². The van der Waals surface area contributed by atoms with Crippen LogP contribution >= 0.6 is 11.3 Å². The highest BCUT2D eigenvalue weighted by Crippen LogP contribution is 2.31. The van der Waals surface area contributed by atoms with Gasteiger partial charge >= 0.3 is 12.1 Å². The van der Waals surface area contributed by atoms with Gasteiger partial charge in [0.25, 0.3) is 0 Å². The zero-order valence-corrected chi connectivity index (χ0v) is 57.6. The first-order chi connectivity index (χ1) is 44.6. The molecule has 1 aromatic heterocycles. The predicted molar refractivity (Wildman–Crippen MR) is 358 cm³/mol. The number of alkyl carbamates (subject to hydrolysis) is 1. The Kier molecular flexibility index (Phi) is 32.8. The number of primary amides is 1. The average Bonchev–Trinajstić information content (AvgIpc) is 1.39. The second-order valence-corrected chi connectivity index (χ2v) is 26.2. The summed E-state index contributed by atoms with van der Waals surface area (Å²) in [5.74, 6) is -5.70. The first-order valence-electron chi connectivity index (χ1n) is 32.5. The number of likely N-dealkylation sites (tertiary alicyclic amines) is 1. The second kappa shape index (κ2) is 39.2. The van der Waals surface area contributed by atoms with Gasteiger partial charge in [0.15, 0.2) is 0 Å². The van der Waals surface area contributed by atoms with Crippen LogP contribution in [-0.2, 0) is 65.6 Å². The van der Waals surface area contributed by atoms with Gasteiger partial charge < -0.3 is 83.7 Å². The Hall–Kier alpha value is -7.79. The summed E-state index contributed by atoms with van der Waals surface area (Å²) >= 11 is 1.47. The summed E-state index contributed by atoms with van der Waals surface area (Å²) in [4.78, 5) is 143. The number of carbonyl (C=O) groups is 10. The molecule has 522 valence electrons. The molecular weight excluding hydrogens is 1230 g/mol. The Morgan fingerprint density at radius 2 is 1.43 bits per heavy atom. The number of anilines is 1. The van der Waals surface area contributed by atoms with Crippen molar-refractivity contribution >= 4 is 76.4 Å². The summed E-state index contributed by atoms with van der Waals surface area (Å²) in [6, 6.07) is 9.63. The zero-order valence-electron chi connectivity index (χ0n) is 56.8. The van der Waals surface area contributed by atoms with Gasteiger partial charge in [0.05, 0.1) is 49.2 Å². The van der Waals surface area contributed by atoms with Gasteiger partial charge in [0.2, 0.25) is 47.3 Å². The molecule has 1 aliphatic heterocycles. The number of methoxy groups -OCH3 is 2. The van der Waals surface area contributed by atoms with Crippen LogP contribution in [0.3, 0.4) is 0 Å². The number of nitrogens with zero attached hydrogens (tertiary/aromatic N) is 3. The molecule has 1 aliphatic rings. The molecule has 0 unspecified atom stereocenters. The van der Waals surface area contributed by atoms with Crippen LogP contribution in [0.5, 0.6) is 0 Å². The number of aromatic nitrogens is 1. The molecule has 28 heteroatoms. The van der Waals surface area contributed by atoms with Crippen LogP contribution in [0, 0.1) is 23.7 Å². The maximum atomic E-state index is 14.7. The molecule has 1 fully saturated rings. The van der Waals surface area contributed by atoms with Crippen molar-refractivity contribution in [2.75, 3.05) is 52.8 Å². The fourth-order valence-electron chi connectivity index (χ4n) is 11.4. The highest BCUT2D eigenvalue weighted by molar-refractivity contribution is 7.09. The fraction of sp³-hybridized carbons (Fsp3) is 0.621. The van der Waals surface area contributed by atoms with E-state index >= 15 is 0 Å². The summed E-state index contributed by atoms with van der Waals surface area (Å²) in [6.07, 6.45) is 3.42. The molecule has 27 nitrogen and oxygen atoms in total. The van der Waals surface area contributed by atoms with E-state index in [9.17, 15) is 47.9 Å². The molecule has 0 spiro atoms. The van der Waals surface area contributed by atoms with E-state index in [1.54, 1.807) is 82.1 Å². The number of amides is 11. The lowest BCUT2D eigenvalue weighted by atomic mass is 9.89. The maximum Gasteiger partial charge on any atom is 0.408 e. The van der Waals surface area contributed by atoms with Crippen LogP contribution in [0.2, 0.25) is 0 Å². The number of hydrogen-bond acceptors (Lipinski definition) is 17. The Morgan fingerprint density at radius 1 is 0.766 bits per heavy atom. The minimum absolute atomic E-state index is 0.0535. The Balaban J connectivity index is 1.38. The third-order valence-corrected chi connectivity index (χ3v) is 17.9. The largest absolute Gasteiger partial charge is 0.445 e. The number of benzene rings is 2. The Bertz CT molecular complexity index is 2920. The number of hydrogen-bond donors (Lipinski definition) is 11. The fourth-order valence-corrected chi connectivity index (χ4v) is 12.1. The summed E-state index contributed by atoms with van der Waals surface area (Å²) in [6.45, 7) is 16.0. The molecular formula is C66H104N14O13S. The normalized spacial score (nSPS) is 16.3. The number of thiazole rings is 1. The first-order valence-corrected chi connectivity index (χ1v) is 33.3. The van der Waals surface area contributed by atoms with Crippen molar-refractivity contribution in [3.05, 3.63) is 82.3 Å². The zero-order chi connectivity index (χ0) is 69.8. The third-order valence-electron chi connectivity index (χ3n) is 17.0.